The molecule has 0 heterocycles. The average Bonchev–Trinajstić information content (AvgIpc) is 2.15. The van der Waals surface area contributed by atoms with Gasteiger partial charge < -0.3 is 4.90 Å². The largest absolute Gasteiger partial charge is 0.383 e. The van der Waals surface area contributed by atoms with E-state index in [0.717, 1.165) is 7.05 Å². The van der Waals surface area contributed by atoms with Crippen LogP contribution in [0.15, 0.2) is 0 Å². The molecule has 1 unspecified atom stereocenters. The van der Waals surface area contributed by atoms with Crippen molar-refractivity contribution in [3.8, 4) is 0 Å². The lowest BCUT2D eigenvalue weighted by atomic mass is 10.2. The molecule has 1 atom stereocenters. The van der Waals surface area contributed by atoms with E-state index in [9.17, 15) is 22.4 Å². The molecule has 7 heteroatoms. The highest BCUT2D eigenvalue weighted by Crippen LogP contribution is 2.25. The van der Waals surface area contributed by atoms with Gasteiger partial charge in [0.1, 0.15) is 0 Å². The maximum atomic E-state index is 12.6. The van der Waals surface area contributed by atoms with Gasteiger partial charge in [0.15, 0.2) is 0 Å². The highest BCUT2D eigenvalue weighted by atomic mass is 32.2. The molecule has 0 saturated heterocycles. The minimum Gasteiger partial charge on any atom is -0.337 e. The van der Waals surface area contributed by atoms with E-state index >= 15 is 0 Å². The summed E-state index contributed by atoms with van der Waals surface area (Å²) in [5.41, 5.74) is 0. The Hall–Kier alpha value is -0.460. The lowest BCUT2D eigenvalue weighted by molar-refractivity contribution is -0.180. The Morgan fingerprint density at radius 1 is 1.47 bits per heavy atom. The van der Waals surface area contributed by atoms with Crippen LogP contribution in [0.25, 0.3) is 0 Å². The van der Waals surface area contributed by atoms with Gasteiger partial charge in [0, 0.05) is 18.8 Å². The number of nitrogens with zero attached hydrogens (tertiary/aromatic N) is 1. The summed E-state index contributed by atoms with van der Waals surface area (Å²) >= 11 is 1.35. The molecule has 0 radical (unpaired) electrons. The van der Waals surface area contributed by atoms with Crippen LogP contribution in [0, 0.1) is 0 Å². The molecule has 2 nitrogen and oxygen atoms in total. The van der Waals surface area contributed by atoms with Crippen molar-refractivity contribution in [3.63, 3.8) is 0 Å². The molecule has 0 spiro atoms. The number of rotatable bonds is 5. The molecule has 1 amide bonds. The van der Waals surface area contributed by atoms with Gasteiger partial charge in [-0.25, -0.2) is 8.78 Å². The zero-order valence-electron chi connectivity index (χ0n) is 8.64. The van der Waals surface area contributed by atoms with Gasteiger partial charge in [-0.2, -0.15) is 20.5 Å². The Labute approximate surface area is 90.0 Å². The van der Waals surface area contributed by atoms with Crippen molar-refractivity contribution in [1.29, 1.82) is 0 Å². The van der Waals surface area contributed by atoms with E-state index in [0.29, 0.717) is 10.7 Å². The van der Waals surface area contributed by atoms with Crippen LogP contribution in [0.1, 0.15) is 6.92 Å². The second-order valence-corrected chi connectivity index (χ2v) is 4.05. The number of amides is 1. The van der Waals surface area contributed by atoms with Gasteiger partial charge in [-0.3, -0.25) is 4.79 Å². The van der Waals surface area contributed by atoms with Gasteiger partial charge in [0.05, 0.1) is 0 Å². The van der Waals surface area contributed by atoms with E-state index in [2.05, 4.69) is 0 Å². The van der Waals surface area contributed by atoms with E-state index < -0.39 is 24.3 Å². The first-order chi connectivity index (χ1) is 6.75. The second kappa shape index (κ2) is 5.58. The third-order valence-electron chi connectivity index (χ3n) is 1.95. The summed E-state index contributed by atoms with van der Waals surface area (Å²) < 4.78 is 49.0. The Balaban J connectivity index is 4.57. The third kappa shape index (κ3) is 3.55. The summed E-state index contributed by atoms with van der Waals surface area (Å²) in [6.07, 6.45) is -2.23. The lowest BCUT2D eigenvalue weighted by Gasteiger charge is -2.27. The molecule has 0 fully saturated rings. The first-order valence-corrected chi connectivity index (χ1v) is 5.56. The molecule has 0 N–H and O–H groups in total. The monoisotopic (exact) mass is 247 g/mol. The fourth-order valence-corrected chi connectivity index (χ4v) is 1.59. The Morgan fingerprint density at radius 2 is 1.93 bits per heavy atom. The summed E-state index contributed by atoms with van der Waals surface area (Å²) in [6, 6.07) is -0.503. The highest BCUT2D eigenvalue weighted by Gasteiger charge is 2.51. The molecule has 0 aliphatic carbocycles. The molecule has 0 aromatic heterocycles. The third-order valence-corrected chi connectivity index (χ3v) is 2.76. The van der Waals surface area contributed by atoms with Crippen LogP contribution in [-0.4, -0.2) is 48.3 Å². The normalized spacial score (nSPS) is 14.1. The van der Waals surface area contributed by atoms with Crippen LogP contribution in [0.5, 0.6) is 0 Å². The maximum absolute atomic E-state index is 12.6. The lowest BCUT2D eigenvalue weighted by Crippen LogP contribution is -2.49. The summed E-state index contributed by atoms with van der Waals surface area (Å²) in [4.78, 5) is 11.7. The quantitative estimate of drug-likeness (QED) is 0.693. The van der Waals surface area contributed by atoms with E-state index in [1.807, 2.05) is 0 Å². The highest BCUT2D eigenvalue weighted by molar-refractivity contribution is 7.98. The predicted octanol–water partition coefficient (Wildman–Crippen LogP) is 2.10. The van der Waals surface area contributed by atoms with Crippen molar-refractivity contribution in [1.82, 2.24) is 4.90 Å². The van der Waals surface area contributed by atoms with Gasteiger partial charge in [0.2, 0.25) is 0 Å². The SMILES string of the molecule is CSCC(C)N(C)C(=O)C(F)(F)C(F)F. The van der Waals surface area contributed by atoms with Gasteiger partial charge in [-0.15, -0.1) is 0 Å². The molecule has 90 valence electrons. The van der Waals surface area contributed by atoms with Crippen molar-refractivity contribution >= 4 is 17.7 Å². The zero-order valence-corrected chi connectivity index (χ0v) is 9.45. The molecule has 0 aromatic carbocycles. The topological polar surface area (TPSA) is 20.3 Å². The molecular formula is C8H13F4NOS. The number of hydrogen-bond donors (Lipinski definition) is 0. The summed E-state index contributed by atoms with van der Waals surface area (Å²) in [7, 11) is 1.10. The Kier molecular flexibility index (Phi) is 5.41. The van der Waals surface area contributed by atoms with Crippen LogP contribution >= 0.6 is 11.8 Å². The van der Waals surface area contributed by atoms with Crippen LogP contribution in [0.4, 0.5) is 17.6 Å². The number of halogens is 4. The molecular weight excluding hydrogens is 234 g/mol. The molecule has 0 rings (SSSR count). The van der Waals surface area contributed by atoms with Gasteiger partial charge in [0.25, 0.3) is 5.91 Å². The van der Waals surface area contributed by atoms with Crippen LogP contribution in [0.2, 0.25) is 0 Å². The summed E-state index contributed by atoms with van der Waals surface area (Å²) in [6.45, 7) is 1.52. The fourth-order valence-electron chi connectivity index (χ4n) is 0.882. The molecule has 0 aromatic rings. The number of carbonyl (C=O) groups excluding carboxylic acids is 1. The first-order valence-electron chi connectivity index (χ1n) is 4.17. The Morgan fingerprint density at radius 3 is 2.27 bits per heavy atom. The Bertz CT molecular complexity index is 225. The number of hydrogen-bond acceptors (Lipinski definition) is 2. The molecule has 0 bridgehead atoms. The minimum atomic E-state index is -4.60. The van der Waals surface area contributed by atoms with Gasteiger partial charge in [-0.1, -0.05) is 0 Å². The molecule has 0 aliphatic rings. The smallest absolute Gasteiger partial charge is 0.337 e. The van der Waals surface area contributed by atoms with Gasteiger partial charge >= 0.3 is 12.3 Å². The van der Waals surface area contributed by atoms with Crippen molar-refractivity contribution in [3.05, 3.63) is 0 Å². The number of carbonyl (C=O) groups is 1. The van der Waals surface area contributed by atoms with Crippen LogP contribution in [0.3, 0.4) is 0 Å². The zero-order chi connectivity index (χ0) is 12.2. The van der Waals surface area contributed by atoms with Crippen molar-refractivity contribution < 1.29 is 22.4 Å². The van der Waals surface area contributed by atoms with Gasteiger partial charge in [-0.05, 0) is 13.2 Å². The molecule has 0 saturated carbocycles. The number of thioether (sulfide) groups is 1. The number of alkyl halides is 4. The standard InChI is InChI=1S/C8H13F4NOS/c1-5(4-15-3)13(2)7(14)8(11,12)6(9)10/h5-6H,4H2,1-3H3. The summed E-state index contributed by atoms with van der Waals surface area (Å²) in [5.74, 6) is -6.01. The van der Waals surface area contributed by atoms with Crippen molar-refractivity contribution in [2.45, 2.75) is 25.3 Å². The van der Waals surface area contributed by atoms with Crippen molar-refractivity contribution in [2.24, 2.45) is 0 Å². The van der Waals surface area contributed by atoms with E-state index in [4.69, 9.17) is 0 Å². The maximum Gasteiger partial charge on any atom is 0.383 e. The average molecular weight is 247 g/mol. The van der Waals surface area contributed by atoms with E-state index in [-0.39, 0.29) is 0 Å². The molecule has 15 heavy (non-hydrogen) atoms. The summed E-state index contributed by atoms with van der Waals surface area (Å²) in [5, 5.41) is 0. The van der Waals surface area contributed by atoms with Crippen LogP contribution in [-0.2, 0) is 4.79 Å². The second-order valence-electron chi connectivity index (χ2n) is 3.14. The fraction of sp³-hybridized carbons (Fsp3) is 0.875. The molecule has 0 aliphatic heterocycles. The minimum absolute atomic E-state index is 0.418. The van der Waals surface area contributed by atoms with Crippen LogP contribution < -0.4 is 0 Å². The predicted molar refractivity (Wildman–Crippen MR) is 51.6 cm³/mol. The first kappa shape index (κ1) is 14.5. The van der Waals surface area contributed by atoms with Crippen molar-refractivity contribution in [2.75, 3.05) is 19.1 Å². The van der Waals surface area contributed by atoms with E-state index in [1.54, 1.807) is 6.26 Å². The van der Waals surface area contributed by atoms with E-state index in [1.165, 1.54) is 18.7 Å².